The molecule has 1 aromatic rings. The van der Waals surface area contributed by atoms with Crippen molar-refractivity contribution < 1.29 is 26.7 Å². The van der Waals surface area contributed by atoms with Gasteiger partial charge in [0, 0.05) is 6.20 Å². The highest BCUT2D eigenvalue weighted by Crippen LogP contribution is 2.23. The lowest BCUT2D eigenvalue weighted by atomic mass is 10.1. The van der Waals surface area contributed by atoms with Gasteiger partial charge in [0.1, 0.15) is 0 Å². The molecule has 0 saturated carbocycles. The molecule has 16 heavy (non-hydrogen) atoms. The lowest BCUT2D eigenvalue weighted by Gasteiger charge is -2.03. The largest absolute Gasteiger partial charge is 0.239 e. The van der Waals surface area contributed by atoms with Gasteiger partial charge in [0.25, 0.3) is 0 Å². The molecule has 0 aliphatic heterocycles. The minimum atomic E-state index is -2.24. The second-order valence-electron chi connectivity index (χ2n) is 2.52. The summed E-state index contributed by atoms with van der Waals surface area (Å²) in [5.74, 6) is -10.4. The highest BCUT2D eigenvalue weighted by atomic mass is 19.2. The number of aliphatic imine (C=N–C) groups is 1. The minimum absolute atomic E-state index is 0.473. The topological polar surface area (TPSA) is 29.4 Å². The van der Waals surface area contributed by atoms with E-state index in [-0.39, 0.29) is 0 Å². The van der Waals surface area contributed by atoms with E-state index in [4.69, 9.17) is 0 Å². The number of hydrogen-bond acceptors (Lipinski definition) is 2. The van der Waals surface area contributed by atoms with Gasteiger partial charge in [-0.2, -0.15) is 4.99 Å². The summed E-state index contributed by atoms with van der Waals surface area (Å²) < 4.78 is 63.6. The highest BCUT2D eigenvalue weighted by Gasteiger charge is 2.23. The predicted molar refractivity (Wildman–Crippen MR) is 43.4 cm³/mol. The maximum Gasteiger partial charge on any atom is 0.239 e. The Morgan fingerprint density at radius 2 is 1.31 bits per heavy atom. The first-order valence-corrected chi connectivity index (χ1v) is 3.75. The number of rotatable bonds is 2. The molecule has 0 amide bonds. The van der Waals surface area contributed by atoms with E-state index in [1.54, 1.807) is 0 Å². The van der Waals surface area contributed by atoms with E-state index in [0.29, 0.717) is 12.3 Å². The molecule has 0 N–H and O–H groups in total. The molecule has 0 aliphatic carbocycles. The number of carbonyl (C=O) groups excluding carboxylic acids is 1. The van der Waals surface area contributed by atoms with Crippen LogP contribution < -0.4 is 0 Å². The molecule has 0 spiro atoms. The van der Waals surface area contributed by atoms with E-state index < -0.39 is 34.6 Å². The van der Waals surface area contributed by atoms with Gasteiger partial charge in [-0.25, -0.2) is 26.7 Å². The molecule has 84 valence electrons. The highest BCUT2D eigenvalue weighted by molar-refractivity contribution is 5.52. The number of benzene rings is 1. The van der Waals surface area contributed by atoms with Crippen molar-refractivity contribution in [2.75, 3.05) is 0 Å². The standard InChI is InChI=1S/C9H2F5NO/c10-5-4(1-2-15-3-16)6(11)8(13)9(14)7(5)12/h1-2H. The Kier molecular flexibility index (Phi) is 3.52. The lowest BCUT2D eigenvalue weighted by molar-refractivity contribution is 0.377. The summed E-state index contributed by atoms with van der Waals surface area (Å²) in [4.78, 5) is 12.4. The molecule has 7 heteroatoms. The summed E-state index contributed by atoms with van der Waals surface area (Å²) in [6, 6.07) is 0. The molecule has 0 atom stereocenters. The first-order valence-electron chi connectivity index (χ1n) is 3.75. The van der Waals surface area contributed by atoms with E-state index in [9.17, 15) is 26.7 Å². The number of halogens is 5. The molecule has 0 fully saturated rings. The van der Waals surface area contributed by atoms with Crippen LogP contribution in [-0.4, -0.2) is 6.08 Å². The van der Waals surface area contributed by atoms with Crippen LogP contribution >= 0.6 is 0 Å². The number of hydrogen-bond donors (Lipinski definition) is 0. The van der Waals surface area contributed by atoms with E-state index in [2.05, 4.69) is 4.99 Å². The Hall–Kier alpha value is -2.01. The van der Waals surface area contributed by atoms with Crippen molar-refractivity contribution in [2.45, 2.75) is 0 Å². The van der Waals surface area contributed by atoms with Crippen molar-refractivity contribution >= 4 is 12.2 Å². The Labute approximate surface area is 85.7 Å². The van der Waals surface area contributed by atoms with Crippen molar-refractivity contribution in [1.29, 1.82) is 0 Å². The first kappa shape index (κ1) is 12.1. The molecule has 0 bridgehead atoms. The molecule has 0 radical (unpaired) electrons. The third-order valence-electron chi connectivity index (χ3n) is 1.61. The Morgan fingerprint density at radius 3 is 1.75 bits per heavy atom. The average molecular weight is 235 g/mol. The zero-order valence-corrected chi connectivity index (χ0v) is 7.40. The van der Waals surface area contributed by atoms with Gasteiger partial charge < -0.3 is 0 Å². The summed E-state index contributed by atoms with van der Waals surface area (Å²) in [5.41, 5.74) is -1.17. The SMILES string of the molecule is O=C=NC=Cc1c(F)c(F)c(F)c(F)c1F. The van der Waals surface area contributed by atoms with Crippen LogP contribution in [-0.2, 0) is 4.79 Å². The maximum absolute atomic E-state index is 12.9. The monoisotopic (exact) mass is 235 g/mol. The van der Waals surface area contributed by atoms with Gasteiger partial charge in [0.05, 0.1) is 5.56 Å². The molecule has 0 aliphatic rings. The normalized spacial score (nSPS) is 10.6. The van der Waals surface area contributed by atoms with Gasteiger partial charge in [-0.3, -0.25) is 0 Å². The van der Waals surface area contributed by atoms with Crippen LogP contribution in [0, 0.1) is 29.1 Å². The second kappa shape index (κ2) is 4.67. The fourth-order valence-corrected chi connectivity index (χ4v) is 0.910. The summed E-state index contributed by atoms with van der Waals surface area (Å²) in [7, 11) is 0. The van der Waals surface area contributed by atoms with Crippen LogP contribution in [0.1, 0.15) is 5.56 Å². The van der Waals surface area contributed by atoms with E-state index >= 15 is 0 Å². The Morgan fingerprint density at radius 1 is 0.875 bits per heavy atom. The van der Waals surface area contributed by atoms with Crippen LogP contribution in [0.3, 0.4) is 0 Å². The van der Waals surface area contributed by atoms with Gasteiger partial charge in [0.15, 0.2) is 23.3 Å². The third kappa shape index (κ3) is 1.99. The Bertz CT molecular complexity index is 476. The Balaban J connectivity index is 3.45. The summed E-state index contributed by atoms with van der Waals surface area (Å²) in [6.07, 6.45) is 2.03. The van der Waals surface area contributed by atoms with Crippen LogP contribution in [0.5, 0.6) is 0 Å². The summed E-state index contributed by atoms with van der Waals surface area (Å²) in [6.45, 7) is 0. The van der Waals surface area contributed by atoms with Crippen molar-refractivity contribution in [1.82, 2.24) is 0 Å². The van der Waals surface area contributed by atoms with Gasteiger partial charge in [0.2, 0.25) is 11.9 Å². The second-order valence-corrected chi connectivity index (χ2v) is 2.52. The van der Waals surface area contributed by atoms with Crippen molar-refractivity contribution in [3.63, 3.8) is 0 Å². The quantitative estimate of drug-likeness (QED) is 0.255. The summed E-state index contributed by atoms with van der Waals surface area (Å²) in [5, 5.41) is 0. The lowest BCUT2D eigenvalue weighted by Crippen LogP contribution is -2.03. The fourth-order valence-electron chi connectivity index (χ4n) is 0.910. The molecule has 0 unspecified atom stereocenters. The molecular weight excluding hydrogens is 233 g/mol. The predicted octanol–water partition coefficient (Wildman–Crippen LogP) is 2.69. The fraction of sp³-hybridized carbons (Fsp3) is 0. The number of nitrogens with zero attached hydrogens (tertiary/aromatic N) is 1. The zero-order chi connectivity index (χ0) is 12.3. The van der Waals surface area contributed by atoms with Crippen molar-refractivity contribution in [3.8, 4) is 0 Å². The van der Waals surface area contributed by atoms with E-state index in [0.717, 1.165) is 6.08 Å². The third-order valence-corrected chi connectivity index (χ3v) is 1.61. The van der Waals surface area contributed by atoms with Gasteiger partial charge in [-0.1, -0.05) is 0 Å². The van der Waals surface area contributed by atoms with Gasteiger partial charge in [-0.15, -0.1) is 0 Å². The average Bonchev–Trinajstić information content (AvgIpc) is 2.28. The maximum atomic E-state index is 12.9. The van der Waals surface area contributed by atoms with Crippen LogP contribution in [0.25, 0.3) is 6.08 Å². The molecule has 0 heterocycles. The van der Waals surface area contributed by atoms with Crippen LogP contribution in [0.15, 0.2) is 11.2 Å². The molecule has 0 aromatic heterocycles. The van der Waals surface area contributed by atoms with Crippen molar-refractivity contribution in [3.05, 3.63) is 40.8 Å². The molecular formula is C9H2F5NO. The molecule has 1 rings (SSSR count). The number of isocyanates is 1. The summed E-state index contributed by atoms with van der Waals surface area (Å²) >= 11 is 0. The van der Waals surface area contributed by atoms with E-state index in [1.807, 2.05) is 0 Å². The molecule has 1 aromatic carbocycles. The van der Waals surface area contributed by atoms with Gasteiger partial charge in [-0.05, 0) is 6.08 Å². The van der Waals surface area contributed by atoms with Crippen molar-refractivity contribution in [2.24, 2.45) is 4.99 Å². The molecule has 2 nitrogen and oxygen atoms in total. The minimum Gasteiger partial charge on any atom is -0.211 e. The first-order chi connectivity index (χ1) is 7.50. The molecule has 0 saturated heterocycles. The zero-order valence-electron chi connectivity index (χ0n) is 7.40. The van der Waals surface area contributed by atoms with Crippen LogP contribution in [0.2, 0.25) is 0 Å². The smallest absolute Gasteiger partial charge is 0.211 e. The van der Waals surface area contributed by atoms with Crippen LogP contribution in [0.4, 0.5) is 22.0 Å². The van der Waals surface area contributed by atoms with Gasteiger partial charge >= 0.3 is 0 Å². The van der Waals surface area contributed by atoms with E-state index in [1.165, 1.54) is 0 Å².